The second-order valence-electron chi connectivity index (χ2n) is 5.93. The highest BCUT2D eigenvalue weighted by Gasteiger charge is 2.14. The fourth-order valence-corrected chi connectivity index (χ4v) is 2.08. The molecule has 1 heterocycles. The number of aryl methyl sites for hydroxylation is 1. The van der Waals surface area contributed by atoms with E-state index in [4.69, 9.17) is 4.84 Å². The summed E-state index contributed by atoms with van der Waals surface area (Å²) < 4.78 is 1.98. The van der Waals surface area contributed by atoms with Crippen LogP contribution in [-0.2, 0) is 11.4 Å². The lowest BCUT2D eigenvalue weighted by molar-refractivity contribution is -0.0758. The van der Waals surface area contributed by atoms with E-state index in [9.17, 15) is 0 Å². The molecule has 20 heavy (non-hydrogen) atoms. The molecule has 0 unspecified atom stereocenters. The van der Waals surface area contributed by atoms with E-state index < -0.39 is 0 Å². The Morgan fingerprint density at radius 3 is 2.40 bits per heavy atom. The maximum Gasteiger partial charge on any atom is 0.0813 e. The van der Waals surface area contributed by atoms with Crippen LogP contribution in [-0.4, -0.2) is 15.4 Å². The average molecular weight is 273 g/mol. The molecule has 108 valence electrons. The van der Waals surface area contributed by atoms with Crippen LogP contribution in [0.15, 0.2) is 30.3 Å². The zero-order chi connectivity index (χ0) is 14.8. The van der Waals surface area contributed by atoms with E-state index >= 15 is 0 Å². The molecule has 0 aliphatic heterocycles. The summed E-state index contributed by atoms with van der Waals surface area (Å²) in [5.41, 5.74) is 7.26. The van der Waals surface area contributed by atoms with Crippen molar-refractivity contribution in [3.63, 3.8) is 0 Å². The molecule has 0 aliphatic carbocycles. The number of aromatic nitrogens is 2. The third kappa shape index (κ3) is 3.46. The van der Waals surface area contributed by atoms with Gasteiger partial charge in [-0.05, 0) is 46.8 Å². The Labute approximate surface area is 120 Å². The van der Waals surface area contributed by atoms with Crippen LogP contribution >= 0.6 is 0 Å². The van der Waals surface area contributed by atoms with Crippen LogP contribution in [0, 0.1) is 13.8 Å². The summed E-state index contributed by atoms with van der Waals surface area (Å²) in [4.78, 5) is 5.57. The third-order valence-corrected chi connectivity index (χ3v) is 3.07. The van der Waals surface area contributed by atoms with Gasteiger partial charge in [0.25, 0.3) is 0 Å². The van der Waals surface area contributed by atoms with Crippen LogP contribution in [0.2, 0.25) is 0 Å². The molecule has 0 aliphatic rings. The summed E-state index contributed by atoms with van der Waals surface area (Å²) in [5.74, 6) is 0. The molecule has 0 radical (unpaired) electrons. The fourth-order valence-electron chi connectivity index (χ4n) is 2.08. The summed E-state index contributed by atoms with van der Waals surface area (Å²) in [5, 5.41) is 4.62. The standard InChI is InChI=1S/C16H23N3O/c1-12-15(11-17-20-16(3,4)5)13(2)19(18-12)14-9-7-6-8-10-14/h6-10,17H,11H2,1-5H3. The van der Waals surface area contributed by atoms with E-state index in [1.165, 1.54) is 5.56 Å². The molecular formula is C16H23N3O. The maximum absolute atomic E-state index is 5.57. The van der Waals surface area contributed by atoms with Crippen molar-refractivity contribution in [1.29, 1.82) is 0 Å². The smallest absolute Gasteiger partial charge is 0.0813 e. The van der Waals surface area contributed by atoms with Crippen molar-refractivity contribution in [3.05, 3.63) is 47.3 Å². The minimum atomic E-state index is -0.197. The van der Waals surface area contributed by atoms with Crippen molar-refractivity contribution in [2.24, 2.45) is 0 Å². The second-order valence-corrected chi connectivity index (χ2v) is 5.93. The van der Waals surface area contributed by atoms with Crippen LogP contribution < -0.4 is 5.48 Å². The van der Waals surface area contributed by atoms with Gasteiger partial charge >= 0.3 is 0 Å². The normalized spacial score (nSPS) is 11.8. The highest BCUT2D eigenvalue weighted by Crippen LogP contribution is 2.18. The number of para-hydroxylation sites is 1. The SMILES string of the molecule is Cc1nn(-c2ccccc2)c(C)c1CNOC(C)(C)C. The number of hydroxylamine groups is 1. The molecule has 2 rings (SSSR count). The lowest BCUT2D eigenvalue weighted by atomic mass is 10.2. The lowest BCUT2D eigenvalue weighted by Crippen LogP contribution is -2.29. The van der Waals surface area contributed by atoms with E-state index in [-0.39, 0.29) is 5.60 Å². The zero-order valence-corrected chi connectivity index (χ0v) is 12.9. The van der Waals surface area contributed by atoms with E-state index in [0.29, 0.717) is 6.54 Å². The molecule has 0 spiro atoms. The summed E-state index contributed by atoms with van der Waals surface area (Å²) in [6.45, 7) is 10.8. The van der Waals surface area contributed by atoms with Crippen molar-refractivity contribution in [2.45, 2.75) is 46.8 Å². The van der Waals surface area contributed by atoms with Gasteiger partial charge in [0.1, 0.15) is 0 Å². The molecule has 1 N–H and O–H groups in total. The highest BCUT2D eigenvalue weighted by molar-refractivity contribution is 5.36. The molecule has 4 nitrogen and oxygen atoms in total. The van der Waals surface area contributed by atoms with Gasteiger partial charge in [-0.2, -0.15) is 10.6 Å². The summed E-state index contributed by atoms with van der Waals surface area (Å²) in [6.07, 6.45) is 0. The third-order valence-electron chi connectivity index (χ3n) is 3.07. The molecule has 0 saturated carbocycles. The first-order chi connectivity index (χ1) is 9.38. The molecule has 0 atom stereocenters. The van der Waals surface area contributed by atoms with Crippen molar-refractivity contribution < 1.29 is 4.84 Å². The minimum Gasteiger partial charge on any atom is -0.296 e. The van der Waals surface area contributed by atoms with Gasteiger partial charge in [-0.15, -0.1) is 0 Å². The van der Waals surface area contributed by atoms with Crippen LogP contribution in [0.1, 0.15) is 37.7 Å². The van der Waals surface area contributed by atoms with Crippen molar-refractivity contribution >= 4 is 0 Å². The Kier molecular flexibility index (Phi) is 4.26. The molecule has 1 aromatic heterocycles. The van der Waals surface area contributed by atoms with Crippen molar-refractivity contribution in [2.75, 3.05) is 0 Å². The predicted molar refractivity (Wildman–Crippen MR) is 80.7 cm³/mol. The Morgan fingerprint density at radius 2 is 1.80 bits per heavy atom. The monoisotopic (exact) mass is 273 g/mol. The fraction of sp³-hybridized carbons (Fsp3) is 0.438. The van der Waals surface area contributed by atoms with E-state index in [2.05, 4.69) is 29.6 Å². The molecule has 0 fully saturated rings. The molecular weight excluding hydrogens is 250 g/mol. The zero-order valence-electron chi connectivity index (χ0n) is 12.9. The minimum absolute atomic E-state index is 0.197. The van der Waals surface area contributed by atoms with Crippen LogP contribution in [0.4, 0.5) is 0 Å². The van der Waals surface area contributed by atoms with Gasteiger partial charge < -0.3 is 0 Å². The summed E-state index contributed by atoms with van der Waals surface area (Å²) in [7, 11) is 0. The van der Waals surface area contributed by atoms with Crippen LogP contribution in [0.3, 0.4) is 0 Å². The van der Waals surface area contributed by atoms with Gasteiger partial charge in [0.05, 0.1) is 17.0 Å². The molecule has 1 aromatic carbocycles. The van der Waals surface area contributed by atoms with Gasteiger partial charge in [-0.1, -0.05) is 18.2 Å². The van der Waals surface area contributed by atoms with Gasteiger partial charge in [0.2, 0.25) is 0 Å². The van der Waals surface area contributed by atoms with Crippen molar-refractivity contribution in [1.82, 2.24) is 15.3 Å². The van der Waals surface area contributed by atoms with Crippen molar-refractivity contribution in [3.8, 4) is 5.69 Å². The largest absolute Gasteiger partial charge is 0.296 e. The molecule has 4 heteroatoms. The number of hydrogen-bond acceptors (Lipinski definition) is 3. The predicted octanol–water partition coefficient (Wildman–Crippen LogP) is 3.31. The quantitative estimate of drug-likeness (QED) is 0.869. The van der Waals surface area contributed by atoms with Gasteiger partial charge in [0, 0.05) is 17.8 Å². The van der Waals surface area contributed by atoms with Crippen LogP contribution in [0.5, 0.6) is 0 Å². The Bertz CT molecular complexity index is 567. The number of benzene rings is 1. The first-order valence-electron chi connectivity index (χ1n) is 6.90. The van der Waals surface area contributed by atoms with Crippen LogP contribution in [0.25, 0.3) is 5.69 Å². The average Bonchev–Trinajstić information content (AvgIpc) is 2.66. The molecule has 0 saturated heterocycles. The number of nitrogens with one attached hydrogen (secondary N) is 1. The maximum atomic E-state index is 5.57. The Morgan fingerprint density at radius 1 is 1.15 bits per heavy atom. The Balaban J connectivity index is 2.18. The van der Waals surface area contributed by atoms with E-state index in [0.717, 1.165) is 17.1 Å². The van der Waals surface area contributed by atoms with Gasteiger partial charge in [-0.25, -0.2) is 4.68 Å². The first kappa shape index (κ1) is 14.8. The molecule has 0 amide bonds. The summed E-state index contributed by atoms with van der Waals surface area (Å²) in [6, 6.07) is 10.2. The van der Waals surface area contributed by atoms with Gasteiger partial charge in [0.15, 0.2) is 0 Å². The first-order valence-corrected chi connectivity index (χ1v) is 6.90. The second kappa shape index (κ2) is 5.77. The number of hydrogen-bond donors (Lipinski definition) is 1. The lowest BCUT2D eigenvalue weighted by Gasteiger charge is -2.19. The number of nitrogens with zero attached hydrogens (tertiary/aromatic N) is 2. The highest BCUT2D eigenvalue weighted by atomic mass is 16.7. The molecule has 0 bridgehead atoms. The Hall–Kier alpha value is -1.65. The van der Waals surface area contributed by atoms with Gasteiger partial charge in [-0.3, -0.25) is 4.84 Å². The van der Waals surface area contributed by atoms with E-state index in [1.807, 2.05) is 50.6 Å². The summed E-state index contributed by atoms with van der Waals surface area (Å²) >= 11 is 0. The van der Waals surface area contributed by atoms with E-state index in [1.54, 1.807) is 0 Å². The number of rotatable bonds is 4. The molecule has 2 aromatic rings. The topological polar surface area (TPSA) is 39.1 Å².